The molecule has 1 aliphatic carbocycles. The van der Waals surface area contributed by atoms with Gasteiger partial charge < -0.3 is 14.6 Å². The zero-order chi connectivity index (χ0) is 18.2. The molecule has 0 saturated carbocycles. The van der Waals surface area contributed by atoms with Gasteiger partial charge in [0.1, 0.15) is 5.60 Å². The van der Waals surface area contributed by atoms with E-state index in [0.717, 1.165) is 24.0 Å². The van der Waals surface area contributed by atoms with Gasteiger partial charge in [0.05, 0.1) is 6.04 Å². The summed E-state index contributed by atoms with van der Waals surface area (Å²) in [5.41, 5.74) is 2.77. The number of benzene rings is 1. The highest BCUT2D eigenvalue weighted by Gasteiger charge is 2.27. The van der Waals surface area contributed by atoms with Crippen molar-refractivity contribution in [1.82, 2.24) is 15.5 Å². The number of aromatic nitrogens is 2. The molecule has 3 rings (SSSR count). The molecule has 6 nitrogen and oxygen atoms in total. The summed E-state index contributed by atoms with van der Waals surface area (Å²) in [6.07, 6.45) is 1.38. The molecule has 6 heteroatoms. The van der Waals surface area contributed by atoms with Gasteiger partial charge in [-0.05, 0) is 50.8 Å². The molecule has 0 unspecified atom stereocenters. The van der Waals surface area contributed by atoms with Crippen molar-refractivity contribution >= 4 is 6.09 Å². The molecule has 2 aromatic rings. The van der Waals surface area contributed by atoms with Gasteiger partial charge in [0.25, 0.3) is 0 Å². The van der Waals surface area contributed by atoms with Gasteiger partial charge in [-0.3, -0.25) is 0 Å². The zero-order valence-corrected chi connectivity index (χ0v) is 15.4. The molecule has 0 aliphatic heterocycles. The summed E-state index contributed by atoms with van der Waals surface area (Å²) >= 11 is 0. The summed E-state index contributed by atoms with van der Waals surface area (Å²) in [4.78, 5) is 16.5. The SMILES string of the molecule is CC(C)c1nc(-c2ccc3c(c2)CC[C@H]3NC(=O)OC(C)(C)C)no1. The lowest BCUT2D eigenvalue weighted by Crippen LogP contribution is -2.34. The van der Waals surface area contributed by atoms with Crippen molar-refractivity contribution in [2.75, 3.05) is 0 Å². The van der Waals surface area contributed by atoms with Crippen LogP contribution in [0.2, 0.25) is 0 Å². The first-order valence-electron chi connectivity index (χ1n) is 8.69. The molecule has 1 amide bonds. The summed E-state index contributed by atoms with van der Waals surface area (Å²) < 4.78 is 10.6. The van der Waals surface area contributed by atoms with Crippen LogP contribution in [0.4, 0.5) is 4.79 Å². The van der Waals surface area contributed by atoms with Gasteiger partial charge >= 0.3 is 6.09 Å². The topological polar surface area (TPSA) is 77.2 Å². The van der Waals surface area contributed by atoms with Crippen LogP contribution in [0, 0.1) is 0 Å². The van der Waals surface area contributed by atoms with Crippen molar-refractivity contribution in [1.29, 1.82) is 0 Å². The maximum atomic E-state index is 12.0. The van der Waals surface area contributed by atoms with Crippen LogP contribution >= 0.6 is 0 Å². The van der Waals surface area contributed by atoms with Crippen LogP contribution < -0.4 is 5.32 Å². The lowest BCUT2D eigenvalue weighted by Gasteiger charge is -2.22. The molecule has 25 heavy (non-hydrogen) atoms. The summed E-state index contributed by atoms with van der Waals surface area (Å²) in [5, 5.41) is 7.02. The number of ether oxygens (including phenoxy) is 1. The third kappa shape index (κ3) is 4.00. The number of nitrogens with zero attached hydrogens (tertiary/aromatic N) is 2. The summed E-state index contributed by atoms with van der Waals surface area (Å²) in [7, 11) is 0. The van der Waals surface area contributed by atoms with Gasteiger partial charge in [-0.25, -0.2) is 4.79 Å². The molecule has 134 valence electrons. The number of aryl methyl sites for hydroxylation is 1. The van der Waals surface area contributed by atoms with Crippen molar-refractivity contribution in [3.63, 3.8) is 0 Å². The number of nitrogens with one attached hydrogen (secondary N) is 1. The lowest BCUT2D eigenvalue weighted by atomic mass is 10.0. The summed E-state index contributed by atoms with van der Waals surface area (Å²) in [5.74, 6) is 1.45. The average Bonchev–Trinajstić information content (AvgIpc) is 3.12. The Kier molecular flexibility index (Phi) is 4.54. The number of carbonyl (C=O) groups excluding carboxylic acids is 1. The van der Waals surface area contributed by atoms with Gasteiger partial charge in [0, 0.05) is 11.5 Å². The second-order valence-corrected chi connectivity index (χ2v) is 7.76. The van der Waals surface area contributed by atoms with Gasteiger partial charge in [0.2, 0.25) is 11.7 Å². The van der Waals surface area contributed by atoms with Crippen LogP contribution in [0.15, 0.2) is 22.7 Å². The minimum absolute atomic E-state index is 0.0182. The van der Waals surface area contributed by atoms with Crippen molar-refractivity contribution in [2.45, 2.75) is 65.0 Å². The second kappa shape index (κ2) is 6.50. The van der Waals surface area contributed by atoms with E-state index in [1.54, 1.807) is 0 Å². The molecular weight excluding hydrogens is 318 g/mol. The quantitative estimate of drug-likeness (QED) is 0.895. The van der Waals surface area contributed by atoms with E-state index in [1.165, 1.54) is 5.56 Å². The Bertz CT molecular complexity index is 774. The van der Waals surface area contributed by atoms with E-state index in [9.17, 15) is 4.79 Å². The van der Waals surface area contributed by atoms with E-state index in [-0.39, 0.29) is 18.1 Å². The van der Waals surface area contributed by atoms with E-state index in [0.29, 0.717) is 11.7 Å². The van der Waals surface area contributed by atoms with E-state index >= 15 is 0 Å². The molecular formula is C19H25N3O3. The second-order valence-electron chi connectivity index (χ2n) is 7.76. The highest BCUT2D eigenvalue weighted by Crippen LogP contribution is 2.34. The maximum Gasteiger partial charge on any atom is 0.408 e. The molecule has 1 heterocycles. The Balaban J connectivity index is 1.75. The third-order valence-electron chi connectivity index (χ3n) is 4.11. The number of carbonyl (C=O) groups is 1. The molecule has 0 bridgehead atoms. The maximum absolute atomic E-state index is 12.0. The van der Waals surface area contributed by atoms with E-state index in [1.807, 2.05) is 46.8 Å². The van der Waals surface area contributed by atoms with Crippen LogP contribution in [-0.2, 0) is 11.2 Å². The fraction of sp³-hybridized carbons (Fsp3) is 0.526. The van der Waals surface area contributed by atoms with Gasteiger partial charge in [-0.2, -0.15) is 4.98 Å². The average molecular weight is 343 g/mol. The Labute approximate surface area is 148 Å². The number of alkyl carbamates (subject to hydrolysis) is 1. The lowest BCUT2D eigenvalue weighted by molar-refractivity contribution is 0.0503. The largest absolute Gasteiger partial charge is 0.444 e. The first kappa shape index (κ1) is 17.5. The van der Waals surface area contributed by atoms with Crippen molar-refractivity contribution in [3.8, 4) is 11.4 Å². The highest BCUT2D eigenvalue weighted by molar-refractivity contribution is 5.69. The first-order chi connectivity index (χ1) is 11.7. The van der Waals surface area contributed by atoms with Crippen LogP contribution in [0.1, 0.15) is 70.0 Å². The zero-order valence-electron chi connectivity index (χ0n) is 15.4. The Morgan fingerprint density at radius 1 is 1.36 bits per heavy atom. The molecule has 1 aromatic heterocycles. The minimum atomic E-state index is -0.498. The van der Waals surface area contributed by atoms with Gasteiger partial charge in [-0.1, -0.05) is 31.1 Å². The molecule has 1 atom stereocenters. The summed E-state index contributed by atoms with van der Waals surface area (Å²) in [6.45, 7) is 9.62. The fourth-order valence-electron chi connectivity index (χ4n) is 2.94. The van der Waals surface area contributed by atoms with Gasteiger partial charge in [-0.15, -0.1) is 0 Å². The Morgan fingerprint density at radius 3 is 2.76 bits per heavy atom. The predicted molar refractivity (Wildman–Crippen MR) is 94.3 cm³/mol. The molecule has 0 fully saturated rings. The third-order valence-corrected chi connectivity index (χ3v) is 4.11. The smallest absolute Gasteiger partial charge is 0.408 e. The molecule has 0 spiro atoms. The Morgan fingerprint density at radius 2 is 2.12 bits per heavy atom. The number of rotatable bonds is 3. The number of fused-ring (bicyclic) bond motifs is 1. The monoisotopic (exact) mass is 343 g/mol. The van der Waals surface area contributed by atoms with Crippen molar-refractivity contribution in [3.05, 3.63) is 35.2 Å². The van der Waals surface area contributed by atoms with E-state index in [2.05, 4.69) is 21.5 Å². The number of hydrogen-bond donors (Lipinski definition) is 1. The van der Waals surface area contributed by atoms with E-state index < -0.39 is 5.60 Å². The number of amides is 1. The fourth-order valence-corrected chi connectivity index (χ4v) is 2.94. The van der Waals surface area contributed by atoms with Crippen molar-refractivity contribution < 1.29 is 14.1 Å². The van der Waals surface area contributed by atoms with Crippen LogP contribution in [0.25, 0.3) is 11.4 Å². The number of hydrogen-bond acceptors (Lipinski definition) is 5. The molecule has 1 aliphatic rings. The van der Waals surface area contributed by atoms with Crippen LogP contribution in [0.3, 0.4) is 0 Å². The standard InChI is InChI=1S/C19H25N3O3/c1-11(2)17-21-16(22-25-17)13-6-8-14-12(10-13)7-9-15(14)20-18(23)24-19(3,4)5/h6,8,10-11,15H,7,9H2,1-5H3,(H,20,23)/t15-/m1/s1. The van der Waals surface area contributed by atoms with E-state index in [4.69, 9.17) is 9.26 Å². The molecule has 0 radical (unpaired) electrons. The Hall–Kier alpha value is -2.37. The van der Waals surface area contributed by atoms with Crippen LogP contribution in [0.5, 0.6) is 0 Å². The first-order valence-corrected chi connectivity index (χ1v) is 8.69. The molecule has 1 aromatic carbocycles. The molecule has 0 saturated heterocycles. The van der Waals surface area contributed by atoms with Crippen LogP contribution in [-0.4, -0.2) is 21.8 Å². The van der Waals surface area contributed by atoms with Crippen molar-refractivity contribution in [2.24, 2.45) is 0 Å². The minimum Gasteiger partial charge on any atom is -0.444 e. The molecule has 1 N–H and O–H groups in total. The summed E-state index contributed by atoms with van der Waals surface area (Å²) in [6, 6.07) is 6.07. The predicted octanol–water partition coefficient (Wildman–Crippen LogP) is 4.37. The normalized spacial score (nSPS) is 16.8. The van der Waals surface area contributed by atoms with Gasteiger partial charge in [0.15, 0.2) is 0 Å². The highest BCUT2D eigenvalue weighted by atomic mass is 16.6.